The molecule has 1 fully saturated rings. The first-order chi connectivity index (χ1) is 11.3. The Morgan fingerprint density at radius 1 is 0.957 bits per heavy atom. The summed E-state index contributed by atoms with van der Waals surface area (Å²) in [4.78, 5) is 12.5. The van der Waals surface area contributed by atoms with Crippen LogP contribution in [0.1, 0.15) is 47.7 Å². The average molecular weight is 310 g/mol. The van der Waals surface area contributed by atoms with Crippen molar-refractivity contribution in [1.82, 2.24) is 0 Å². The molecule has 0 spiro atoms. The molecule has 0 aliphatic heterocycles. The van der Waals surface area contributed by atoms with E-state index in [1.807, 2.05) is 48.5 Å². The van der Waals surface area contributed by atoms with Crippen LogP contribution in [-0.4, -0.2) is 17.2 Å². The first-order valence-electron chi connectivity index (χ1n) is 8.25. The van der Waals surface area contributed by atoms with Crippen LogP contribution in [0.3, 0.4) is 0 Å². The Bertz CT molecular complexity index is 624. The molecule has 1 aliphatic rings. The lowest BCUT2D eigenvalue weighted by Gasteiger charge is -2.34. The Morgan fingerprint density at radius 2 is 1.57 bits per heavy atom. The van der Waals surface area contributed by atoms with E-state index in [1.165, 1.54) is 0 Å². The minimum atomic E-state index is -0.419. The molecule has 120 valence electrons. The smallest absolute Gasteiger partial charge is 0.338 e. The van der Waals surface area contributed by atoms with Gasteiger partial charge in [0.1, 0.15) is 6.10 Å². The third-order valence-electron chi connectivity index (χ3n) is 4.54. The van der Waals surface area contributed by atoms with Crippen molar-refractivity contribution in [3.05, 3.63) is 71.8 Å². The molecule has 1 aliphatic carbocycles. The van der Waals surface area contributed by atoms with Crippen LogP contribution >= 0.6 is 0 Å². The highest BCUT2D eigenvalue weighted by molar-refractivity contribution is 5.89. The zero-order valence-corrected chi connectivity index (χ0v) is 13.1. The number of carbonyl (C=O) groups is 1. The summed E-state index contributed by atoms with van der Waals surface area (Å²) < 4.78 is 5.83. The van der Waals surface area contributed by atoms with Crippen LogP contribution in [0.5, 0.6) is 0 Å². The Balaban J connectivity index is 1.85. The first kappa shape index (κ1) is 15.8. The summed E-state index contributed by atoms with van der Waals surface area (Å²) in [6, 6.07) is 18.8. The predicted molar refractivity (Wildman–Crippen MR) is 89.0 cm³/mol. The van der Waals surface area contributed by atoms with Gasteiger partial charge in [0.05, 0.1) is 11.7 Å². The molecule has 3 rings (SSSR count). The Hall–Kier alpha value is -2.13. The Labute approximate surface area is 136 Å². The van der Waals surface area contributed by atoms with Crippen LogP contribution in [0, 0.1) is 5.92 Å². The lowest BCUT2D eigenvalue weighted by Crippen LogP contribution is -2.32. The van der Waals surface area contributed by atoms with Gasteiger partial charge in [-0.2, -0.15) is 0 Å². The molecule has 3 atom stereocenters. The summed E-state index contributed by atoms with van der Waals surface area (Å²) in [5.74, 6) is -0.379. The van der Waals surface area contributed by atoms with Gasteiger partial charge >= 0.3 is 5.97 Å². The molecule has 0 unspecified atom stereocenters. The van der Waals surface area contributed by atoms with Gasteiger partial charge in [0.15, 0.2) is 0 Å². The number of hydrogen-bond donors (Lipinski definition) is 1. The van der Waals surface area contributed by atoms with E-state index < -0.39 is 12.2 Å². The highest BCUT2D eigenvalue weighted by Gasteiger charge is 2.34. The lowest BCUT2D eigenvalue weighted by atomic mass is 9.80. The standard InChI is InChI=1S/C20H22O3/c21-18-14-8-7-13-17(18)19(15-9-3-1-4-10-15)23-20(22)16-11-5-2-6-12-16/h1-6,9-12,17-19,21H,7-8,13-14H2/t17-,18-,19-/m0/s1. The molecule has 0 aromatic heterocycles. The van der Waals surface area contributed by atoms with E-state index in [9.17, 15) is 9.90 Å². The SMILES string of the molecule is O=C(O[C@@H](c1ccccc1)[C@H]1CCCC[C@@H]1O)c1ccccc1. The zero-order chi connectivity index (χ0) is 16.1. The second kappa shape index (κ2) is 7.42. The van der Waals surface area contributed by atoms with Crippen molar-refractivity contribution in [3.8, 4) is 0 Å². The van der Waals surface area contributed by atoms with Crippen LogP contribution in [0.2, 0.25) is 0 Å². The predicted octanol–water partition coefficient (Wildman–Crippen LogP) is 4.14. The summed E-state index contributed by atoms with van der Waals surface area (Å²) >= 11 is 0. The topological polar surface area (TPSA) is 46.5 Å². The molecule has 2 aromatic carbocycles. The second-order valence-corrected chi connectivity index (χ2v) is 6.12. The van der Waals surface area contributed by atoms with Crippen molar-refractivity contribution in [3.63, 3.8) is 0 Å². The normalized spacial score (nSPS) is 22.3. The number of aliphatic hydroxyl groups is 1. The molecule has 3 nitrogen and oxygen atoms in total. The summed E-state index contributed by atoms with van der Waals surface area (Å²) in [6.45, 7) is 0. The molecule has 3 heteroatoms. The van der Waals surface area contributed by atoms with Crippen LogP contribution in [-0.2, 0) is 4.74 Å². The van der Waals surface area contributed by atoms with Crippen molar-refractivity contribution >= 4 is 5.97 Å². The van der Waals surface area contributed by atoms with Crippen molar-refractivity contribution in [1.29, 1.82) is 0 Å². The molecule has 23 heavy (non-hydrogen) atoms. The van der Waals surface area contributed by atoms with E-state index in [4.69, 9.17) is 4.74 Å². The Morgan fingerprint density at radius 3 is 2.22 bits per heavy atom. The van der Waals surface area contributed by atoms with Gasteiger partial charge in [-0.1, -0.05) is 61.4 Å². The molecule has 0 amide bonds. The van der Waals surface area contributed by atoms with Crippen molar-refractivity contribution in [2.45, 2.75) is 37.9 Å². The van der Waals surface area contributed by atoms with E-state index in [-0.39, 0.29) is 11.9 Å². The molecule has 0 heterocycles. The van der Waals surface area contributed by atoms with Gasteiger partial charge in [-0.15, -0.1) is 0 Å². The van der Waals surface area contributed by atoms with Gasteiger partial charge in [-0.25, -0.2) is 4.79 Å². The molecule has 0 saturated heterocycles. The maximum atomic E-state index is 12.5. The quantitative estimate of drug-likeness (QED) is 0.864. The third-order valence-corrected chi connectivity index (χ3v) is 4.54. The zero-order valence-electron chi connectivity index (χ0n) is 13.1. The first-order valence-corrected chi connectivity index (χ1v) is 8.25. The van der Waals surface area contributed by atoms with Crippen molar-refractivity contribution in [2.75, 3.05) is 0 Å². The summed E-state index contributed by atoms with van der Waals surface area (Å²) in [5, 5.41) is 10.4. The monoisotopic (exact) mass is 310 g/mol. The van der Waals surface area contributed by atoms with E-state index in [0.29, 0.717) is 5.56 Å². The second-order valence-electron chi connectivity index (χ2n) is 6.12. The van der Waals surface area contributed by atoms with E-state index in [0.717, 1.165) is 31.2 Å². The van der Waals surface area contributed by atoms with Crippen molar-refractivity contribution < 1.29 is 14.6 Å². The van der Waals surface area contributed by atoms with Crippen LogP contribution in [0.25, 0.3) is 0 Å². The number of aliphatic hydroxyl groups excluding tert-OH is 1. The van der Waals surface area contributed by atoms with E-state index in [2.05, 4.69) is 0 Å². The highest BCUT2D eigenvalue weighted by Crippen LogP contribution is 2.37. The molecular weight excluding hydrogens is 288 g/mol. The fraction of sp³-hybridized carbons (Fsp3) is 0.350. The number of benzene rings is 2. The summed E-state index contributed by atoms with van der Waals surface area (Å²) in [6.07, 6.45) is 2.93. The Kier molecular flexibility index (Phi) is 5.09. The molecule has 1 saturated carbocycles. The molecule has 1 N–H and O–H groups in total. The van der Waals surface area contributed by atoms with Gasteiger partial charge < -0.3 is 9.84 Å². The maximum Gasteiger partial charge on any atom is 0.338 e. The van der Waals surface area contributed by atoms with Gasteiger partial charge in [0, 0.05) is 5.92 Å². The van der Waals surface area contributed by atoms with Gasteiger partial charge in [-0.05, 0) is 30.5 Å². The fourth-order valence-corrected chi connectivity index (χ4v) is 3.30. The lowest BCUT2D eigenvalue weighted by molar-refractivity contribution is -0.0353. The largest absolute Gasteiger partial charge is 0.453 e. The number of carbonyl (C=O) groups excluding carboxylic acids is 1. The summed E-state index contributed by atoms with van der Waals surface area (Å²) in [5.41, 5.74) is 1.49. The van der Waals surface area contributed by atoms with Crippen LogP contribution < -0.4 is 0 Å². The van der Waals surface area contributed by atoms with Gasteiger partial charge in [0.2, 0.25) is 0 Å². The molecule has 0 radical (unpaired) electrons. The molecular formula is C20H22O3. The number of rotatable bonds is 4. The fourth-order valence-electron chi connectivity index (χ4n) is 3.30. The average Bonchev–Trinajstić information content (AvgIpc) is 2.62. The summed E-state index contributed by atoms with van der Waals surface area (Å²) in [7, 11) is 0. The van der Waals surface area contributed by atoms with Gasteiger partial charge in [0.25, 0.3) is 0 Å². The van der Waals surface area contributed by atoms with Gasteiger partial charge in [-0.3, -0.25) is 0 Å². The van der Waals surface area contributed by atoms with E-state index >= 15 is 0 Å². The van der Waals surface area contributed by atoms with Crippen LogP contribution in [0.15, 0.2) is 60.7 Å². The highest BCUT2D eigenvalue weighted by atomic mass is 16.5. The maximum absolute atomic E-state index is 12.5. The third kappa shape index (κ3) is 3.80. The number of ether oxygens (including phenoxy) is 1. The molecule has 2 aromatic rings. The van der Waals surface area contributed by atoms with Crippen LogP contribution in [0.4, 0.5) is 0 Å². The minimum Gasteiger partial charge on any atom is -0.453 e. The molecule has 0 bridgehead atoms. The number of hydrogen-bond acceptors (Lipinski definition) is 3. The number of esters is 1. The van der Waals surface area contributed by atoms with Crippen molar-refractivity contribution in [2.24, 2.45) is 5.92 Å². The minimum absolute atomic E-state index is 0.0428. The van der Waals surface area contributed by atoms with E-state index in [1.54, 1.807) is 12.1 Å².